The summed E-state index contributed by atoms with van der Waals surface area (Å²) in [7, 11) is -2.19. The molecule has 1 amide bonds. The number of benzene rings is 3. The first-order chi connectivity index (χ1) is 23.0. The summed E-state index contributed by atoms with van der Waals surface area (Å²) in [4.78, 5) is 27.6. The lowest BCUT2D eigenvalue weighted by Crippen LogP contribution is -2.44. The number of nitrogens with one attached hydrogen (secondary N) is 3. The molecular formula is C40H55N3O5Si. The van der Waals surface area contributed by atoms with E-state index < -0.39 is 20.0 Å². The molecule has 1 aromatic heterocycles. The molecule has 0 unspecified atom stereocenters. The highest BCUT2D eigenvalue weighted by atomic mass is 28.4. The monoisotopic (exact) mass is 685 g/mol. The van der Waals surface area contributed by atoms with E-state index in [1.54, 1.807) is 6.07 Å². The van der Waals surface area contributed by atoms with Crippen LogP contribution in [0.2, 0.25) is 18.1 Å². The van der Waals surface area contributed by atoms with Gasteiger partial charge in [-0.25, -0.2) is 4.79 Å². The van der Waals surface area contributed by atoms with Crippen LogP contribution in [-0.2, 0) is 28.6 Å². The van der Waals surface area contributed by atoms with Gasteiger partial charge >= 0.3 is 6.09 Å². The molecule has 4 rings (SSSR count). The molecule has 0 fully saturated rings. The van der Waals surface area contributed by atoms with Gasteiger partial charge in [0, 0.05) is 30.6 Å². The van der Waals surface area contributed by atoms with E-state index in [9.17, 15) is 9.59 Å². The summed E-state index contributed by atoms with van der Waals surface area (Å²) in [6.07, 6.45) is 0.910. The van der Waals surface area contributed by atoms with Gasteiger partial charge in [-0.2, -0.15) is 0 Å². The summed E-state index contributed by atoms with van der Waals surface area (Å²) in [5.41, 5.74) is 4.44. The van der Waals surface area contributed by atoms with Gasteiger partial charge in [0.2, 0.25) is 5.56 Å². The molecule has 0 radical (unpaired) electrons. The second kappa shape index (κ2) is 16.2. The molecule has 1 heterocycles. The summed E-state index contributed by atoms with van der Waals surface area (Å²) in [5.74, 6) is 0.633. The van der Waals surface area contributed by atoms with Crippen LogP contribution in [0.25, 0.3) is 10.9 Å². The van der Waals surface area contributed by atoms with E-state index in [0.29, 0.717) is 31.0 Å². The Kier molecular flexibility index (Phi) is 12.5. The number of carbonyl (C=O) groups is 1. The molecular weight excluding hydrogens is 631 g/mol. The lowest BCUT2D eigenvalue weighted by molar-refractivity contribution is 0.0528. The van der Waals surface area contributed by atoms with Crippen molar-refractivity contribution >= 4 is 25.3 Å². The van der Waals surface area contributed by atoms with Crippen molar-refractivity contribution in [1.82, 2.24) is 15.6 Å². The Labute approximate surface area is 293 Å². The lowest BCUT2D eigenvalue weighted by Gasteiger charge is -2.40. The number of carbonyl (C=O) groups excluding carboxylic acids is 1. The van der Waals surface area contributed by atoms with Gasteiger partial charge in [0.25, 0.3) is 0 Å². The standard InChI is InChI=1S/C40H55N3O5Si/c1-28(24-31-17-13-16-29(25-31)22-23-41-38(45)47-39(2,3)4)42-26-35(48-49(8,9)40(5,6)7)32-18-20-34(37-33(32)19-21-36(44)43-37)46-27-30-14-11-10-12-15-30/h10-21,25,28,35,42H,22-24,26-27H2,1-9H3,(H,41,45)(H,43,44)/t28-,35+/m1/s1. The number of alkyl carbamates (subject to hydrolysis) is 1. The van der Waals surface area contributed by atoms with Crippen molar-refractivity contribution in [2.75, 3.05) is 13.1 Å². The van der Waals surface area contributed by atoms with Crippen LogP contribution in [-0.4, -0.2) is 44.1 Å². The Hall–Kier alpha value is -3.92. The first-order valence-electron chi connectivity index (χ1n) is 17.3. The van der Waals surface area contributed by atoms with Crippen LogP contribution in [0.4, 0.5) is 4.79 Å². The zero-order valence-electron chi connectivity index (χ0n) is 30.7. The highest BCUT2D eigenvalue weighted by Crippen LogP contribution is 2.41. The maximum absolute atomic E-state index is 12.5. The predicted molar refractivity (Wildman–Crippen MR) is 202 cm³/mol. The molecule has 9 heteroatoms. The molecule has 0 bridgehead atoms. The van der Waals surface area contributed by atoms with E-state index in [-0.39, 0.29) is 22.7 Å². The fourth-order valence-corrected chi connectivity index (χ4v) is 6.68. The third kappa shape index (κ3) is 11.3. The van der Waals surface area contributed by atoms with Gasteiger partial charge in [-0.3, -0.25) is 4.79 Å². The Bertz CT molecular complexity index is 1740. The number of fused-ring (bicyclic) bond motifs is 1. The molecule has 8 nitrogen and oxygen atoms in total. The molecule has 2 atom stereocenters. The predicted octanol–water partition coefficient (Wildman–Crippen LogP) is 8.46. The van der Waals surface area contributed by atoms with Gasteiger partial charge in [-0.15, -0.1) is 0 Å². The highest BCUT2D eigenvalue weighted by Gasteiger charge is 2.40. The molecule has 0 saturated heterocycles. The molecule has 0 aliphatic rings. The minimum Gasteiger partial charge on any atom is -0.487 e. The van der Waals surface area contributed by atoms with Crippen LogP contribution in [0.15, 0.2) is 83.7 Å². The van der Waals surface area contributed by atoms with E-state index in [2.05, 4.69) is 86.7 Å². The SMILES string of the molecule is C[C@H](Cc1cccc(CCNC(=O)OC(C)(C)C)c1)NC[C@H](O[Si](C)(C)C(C)(C)C)c1ccc(OCc2ccccc2)c2[nH]c(=O)ccc12. The first kappa shape index (κ1) is 37.9. The Morgan fingerprint density at radius 3 is 2.27 bits per heavy atom. The molecule has 0 spiro atoms. The van der Waals surface area contributed by atoms with E-state index >= 15 is 0 Å². The number of ether oxygens (including phenoxy) is 2. The molecule has 49 heavy (non-hydrogen) atoms. The van der Waals surface area contributed by atoms with Crippen LogP contribution >= 0.6 is 0 Å². The van der Waals surface area contributed by atoms with E-state index in [4.69, 9.17) is 13.9 Å². The lowest BCUT2D eigenvalue weighted by atomic mass is 10.0. The number of aromatic amines is 1. The number of rotatable bonds is 14. The van der Waals surface area contributed by atoms with Crippen molar-refractivity contribution in [3.63, 3.8) is 0 Å². The van der Waals surface area contributed by atoms with E-state index in [0.717, 1.165) is 34.9 Å². The number of pyridine rings is 1. The zero-order chi connectivity index (χ0) is 35.8. The molecule has 4 aromatic rings. The third-order valence-corrected chi connectivity index (χ3v) is 13.5. The largest absolute Gasteiger partial charge is 0.487 e. The fraction of sp³-hybridized carbons (Fsp3) is 0.450. The Morgan fingerprint density at radius 1 is 0.878 bits per heavy atom. The van der Waals surface area contributed by atoms with Gasteiger partial charge in [0.15, 0.2) is 8.32 Å². The van der Waals surface area contributed by atoms with Gasteiger partial charge < -0.3 is 29.5 Å². The molecule has 0 aliphatic carbocycles. The van der Waals surface area contributed by atoms with Crippen LogP contribution in [0.3, 0.4) is 0 Å². The van der Waals surface area contributed by atoms with Crippen molar-refractivity contribution in [2.24, 2.45) is 0 Å². The van der Waals surface area contributed by atoms with Crippen molar-refractivity contribution in [2.45, 2.75) is 104 Å². The summed E-state index contributed by atoms with van der Waals surface area (Å²) < 4.78 is 18.7. The van der Waals surface area contributed by atoms with E-state index in [1.165, 1.54) is 5.56 Å². The van der Waals surface area contributed by atoms with Crippen LogP contribution in [0.5, 0.6) is 5.75 Å². The first-order valence-corrected chi connectivity index (χ1v) is 20.2. The van der Waals surface area contributed by atoms with Crippen LogP contribution < -0.4 is 20.9 Å². The van der Waals surface area contributed by atoms with Crippen LogP contribution in [0.1, 0.15) is 76.8 Å². The van der Waals surface area contributed by atoms with Crippen LogP contribution in [0, 0.1) is 0 Å². The minimum atomic E-state index is -2.19. The van der Waals surface area contributed by atoms with E-state index in [1.807, 2.05) is 63.2 Å². The van der Waals surface area contributed by atoms with Crippen molar-refractivity contribution in [3.8, 4) is 5.75 Å². The topological polar surface area (TPSA) is 102 Å². The molecule has 0 saturated carbocycles. The Balaban J connectivity index is 1.51. The zero-order valence-corrected chi connectivity index (χ0v) is 31.7. The average Bonchev–Trinajstić information content (AvgIpc) is 3.01. The van der Waals surface area contributed by atoms with Crippen molar-refractivity contribution in [1.29, 1.82) is 0 Å². The summed E-state index contributed by atoms with van der Waals surface area (Å²) >= 11 is 0. The minimum absolute atomic E-state index is 0.0124. The number of amides is 1. The normalized spacial score (nSPS) is 13.6. The molecule has 0 aliphatic heterocycles. The maximum Gasteiger partial charge on any atom is 0.407 e. The second-order valence-corrected chi connectivity index (χ2v) is 20.2. The number of hydrogen-bond acceptors (Lipinski definition) is 6. The smallest absolute Gasteiger partial charge is 0.407 e. The molecule has 3 N–H and O–H groups in total. The second-order valence-electron chi connectivity index (χ2n) is 15.4. The van der Waals surface area contributed by atoms with Crippen molar-refractivity contribution in [3.05, 3.63) is 111 Å². The van der Waals surface area contributed by atoms with Gasteiger partial charge in [0.05, 0.1) is 11.6 Å². The quantitative estimate of drug-likeness (QED) is 0.115. The maximum atomic E-state index is 12.5. The van der Waals surface area contributed by atoms with Crippen molar-refractivity contribution < 1.29 is 18.7 Å². The van der Waals surface area contributed by atoms with Gasteiger partial charge in [-0.05, 0) is 93.1 Å². The number of aromatic nitrogens is 1. The number of hydrogen-bond donors (Lipinski definition) is 3. The van der Waals surface area contributed by atoms with Gasteiger partial charge in [0.1, 0.15) is 18.0 Å². The highest BCUT2D eigenvalue weighted by molar-refractivity contribution is 6.74. The Morgan fingerprint density at radius 2 is 1.57 bits per heavy atom. The summed E-state index contributed by atoms with van der Waals surface area (Å²) in [5, 5.41) is 7.53. The average molecular weight is 686 g/mol. The summed E-state index contributed by atoms with van der Waals surface area (Å²) in [6, 6.07) is 26.2. The molecule has 3 aromatic carbocycles. The summed E-state index contributed by atoms with van der Waals surface area (Å²) in [6.45, 7) is 20.6. The molecule has 264 valence electrons. The third-order valence-electron chi connectivity index (χ3n) is 8.98. The van der Waals surface area contributed by atoms with Gasteiger partial charge in [-0.1, -0.05) is 81.4 Å². The fourth-order valence-electron chi connectivity index (χ4n) is 5.40. The number of H-pyrrole nitrogens is 1.